The van der Waals surface area contributed by atoms with Gasteiger partial charge in [-0.05, 0) is 43.2 Å². The number of rotatable bonds is 4. The molecule has 1 aromatic carbocycles. The summed E-state index contributed by atoms with van der Waals surface area (Å²) >= 11 is 0. The minimum Gasteiger partial charge on any atom is -0.486 e. The lowest BCUT2D eigenvalue weighted by atomic mass is 9.85. The van der Waals surface area contributed by atoms with E-state index in [0.29, 0.717) is 40.7 Å². The third-order valence-corrected chi connectivity index (χ3v) is 4.94. The molecule has 4 rings (SSSR count). The van der Waals surface area contributed by atoms with Gasteiger partial charge < -0.3 is 9.26 Å². The van der Waals surface area contributed by atoms with E-state index >= 15 is 0 Å². The third kappa shape index (κ3) is 2.77. The fraction of sp³-hybridized carbons (Fsp3) is 0.300. The summed E-state index contributed by atoms with van der Waals surface area (Å²) in [6.07, 6.45) is 3.66. The van der Waals surface area contributed by atoms with E-state index in [9.17, 15) is 4.79 Å². The van der Waals surface area contributed by atoms with Gasteiger partial charge in [0.2, 0.25) is 5.82 Å². The van der Waals surface area contributed by atoms with Crippen LogP contribution in [-0.2, 0) is 0 Å². The molecule has 0 radical (unpaired) electrons. The molecule has 3 aromatic rings. The summed E-state index contributed by atoms with van der Waals surface area (Å²) in [5, 5.41) is 3.98. The maximum atomic E-state index is 12.7. The number of nitrogens with zero attached hydrogens (tertiary/aromatic N) is 3. The Morgan fingerprint density at radius 2 is 2.00 bits per heavy atom. The van der Waals surface area contributed by atoms with Crippen LogP contribution in [0.5, 0.6) is 5.75 Å². The van der Waals surface area contributed by atoms with Gasteiger partial charge in [0.15, 0.2) is 5.78 Å². The van der Waals surface area contributed by atoms with Crippen LogP contribution in [0.3, 0.4) is 0 Å². The lowest BCUT2D eigenvalue weighted by molar-refractivity contribution is 0.0350. The molecule has 3 heterocycles. The molecule has 0 N–H and O–H groups in total. The molecule has 132 valence electrons. The van der Waals surface area contributed by atoms with Gasteiger partial charge in [-0.1, -0.05) is 25.1 Å². The summed E-state index contributed by atoms with van der Waals surface area (Å²) in [6, 6.07) is 10.9. The van der Waals surface area contributed by atoms with Crippen molar-refractivity contribution < 1.29 is 14.1 Å². The maximum Gasteiger partial charge on any atom is 0.258 e. The largest absolute Gasteiger partial charge is 0.486 e. The summed E-state index contributed by atoms with van der Waals surface area (Å²) < 4.78 is 11.5. The monoisotopic (exact) mass is 349 g/mol. The fourth-order valence-corrected chi connectivity index (χ4v) is 3.21. The second-order valence-electron chi connectivity index (χ2n) is 6.44. The second-order valence-corrected chi connectivity index (χ2v) is 6.44. The number of Topliss-reactive ketones (excluding diaryl/α,β-unsaturated/α-hetero) is 1. The Balaban J connectivity index is 1.68. The third-order valence-electron chi connectivity index (χ3n) is 4.94. The maximum absolute atomic E-state index is 12.7. The van der Waals surface area contributed by atoms with Gasteiger partial charge in [0, 0.05) is 11.8 Å². The average Bonchev–Trinajstić information content (AvgIpc) is 3.18. The molecule has 2 aromatic heterocycles. The quantitative estimate of drug-likeness (QED) is 0.698. The highest BCUT2D eigenvalue weighted by atomic mass is 16.5. The van der Waals surface area contributed by atoms with Gasteiger partial charge in [-0.2, -0.15) is 4.98 Å². The number of pyridine rings is 1. The van der Waals surface area contributed by atoms with E-state index in [4.69, 9.17) is 9.26 Å². The molecule has 0 fully saturated rings. The zero-order valence-electron chi connectivity index (χ0n) is 14.7. The van der Waals surface area contributed by atoms with Gasteiger partial charge >= 0.3 is 0 Å². The van der Waals surface area contributed by atoms with E-state index in [-0.39, 0.29) is 5.78 Å². The van der Waals surface area contributed by atoms with E-state index in [1.165, 1.54) is 0 Å². The summed E-state index contributed by atoms with van der Waals surface area (Å²) in [5.74, 6) is 1.47. The highest BCUT2D eigenvalue weighted by Gasteiger charge is 2.37. The van der Waals surface area contributed by atoms with Crippen LogP contribution in [0.4, 0.5) is 0 Å². The lowest BCUT2D eigenvalue weighted by Gasteiger charge is -2.36. The Kier molecular flexibility index (Phi) is 4.03. The molecule has 0 atom stereocenters. The van der Waals surface area contributed by atoms with Crippen molar-refractivity contribution in [2.24, 2.45) is 0 Å². The number of fused-ring (bicyclic) bond motifs is 1. The number of hydrogen-bond donors (Lipinski definition) is 0. The van der Waals surface area contributed by atoms with E-state index in [1.54, 1.807) is 12.3 Å². The Labute approximate surface area is 151 Å². The predicted molar refractivity (Wildman–Crippen MR) is 95.9 cm³/mol. The van der Waals surface area contributed by atoms with Crippen molar-refractivity contribution in [1.82, 2.24) is 15.1 Å². The van der Waals surface area contributed by atoms with Gasteiger partial charge in [-0.3, -0.25) is 9.78 Å². The standard InChI is InChI=1S/C20H19N3O3/c1-3-20(4-2)12-16(24)14-11-13(8-9-17(14)25-20)19-22-18(23-26-19)15-7-5-6-10-21-15/h5-11H,3-4,12H2,1-2H3. The molecule has 0 saturated heterocycles. The normalized spacial score (nSPS) is 15.4. The first-order valence-corrected chi connectivity index (χ1v) is 8.76. The summed E-state index contributed by atoms with van der Waals surface area (Å²) in [7, 11) is 0. The molecular weight excluding hydrogens is 330 g/mol. The van der Waals surface area contributed by atoms with Gasteiger partial charge in [0.25, 0.3) is 5.89 Å². The Morgan fingerprint density at radius 3 is 2.73 bits per heavy atom. The van der Waals surface area contributed by atoms with Crippen molar-refractivity contribution in [3.05, 3.63) is 48.2 Å². The van der Waals surface area contributed by atoms with Crippen molar-refractivity contribution in [2.75, 3.05) is 0 Å². The predicted octanol–water partition coefficient (Wildman–Crippen LogP) is 4.32. The van der Waals surface area contributed by atoms with E-state index in [1.807, 2.05) is 44.2 Å². The van der Waals surface area contributed by atoms with Crippen molar-refractivity contribution >= 4 is 5.78 Å². The molecule has 0 amide bonds. The average molecular weight is 349 g/mol. The lowest BCUT2D eigenvalue weighted by Crippen LogP contribution is -2.40. The second kappa shape index (κ2) is 6.37. The van der Waals surface area contributed by atoms with Crippen LogP contribution in [0.1, 0.15) is 43.5 Å². The zero-order chi connectivity index (χ0) is 18.1. The van der Waals surface area contributed by atoms with Gasteiger partial charge in [-0.15, -0.1) is 0 Å². The molecular formula is C20H19N3O3. The van der Waals surface area contributed by atoms with Crippen LogP contribution in [0, 0.1) is 0 Å². The first kappa shape index (κ1) is 16.4. The van der Waals surface area contributed by atoms with Gasteiger partial charge in [0.1, 0.15) is 17.0 Å². The molecule has 6 nitrogen and oxygen atoms in total. The molecule has 0 unspecified atom stereocenters. The number of carbonyl (C=O) groups excluding carboxylic acids is 1. The van der Waals surface area contributed by atoms with Crippen molar-refractivity contribution in [1.29, 1.82) is 0 Å². The van der Waals surface area contributed by atoms with E-state index < -0.39 is 5.60 Å². The number of aromatic nitrogens is 3. The number of ether oxygens (including phenoxy) is 1. The summed E-state index contributed by atoms with van der Waals surface area (Å²) in [5.41, 5.74) is 1.49. The van der Waals surface area contributed by atoms with Crippen LogP contribution >= 0.6 is 0 Å². The topological polar surface area (TPSA) is 78.1 Å². The van der Waals surface area contributed by atoms with Gasteiger partial charge in [-0.25, -0.2) is 0 Å². The molecule has 0 saturated carbocycles. The molecule has 0 aliphatic carbocycles. The Hall–Kier alpha value is -3.02. The number of carbonyl (C=O) groups is 1. The SMILES string of the molecule is CCC1(CC)CC(=O)c2cc(-c3nc(-c4ccccn4)no3)ccc2O1. The Bertz CT molecular complexity index is 946. The fourth-order valence-electron chi connectivity index (χ4n) is 3.21. The van der Waals surface area contributed by atoms with Crippen molar-refractivity contribution in [3.63, 3.8) is 0 Å². The van der Waals surface area contributed by atoms with E-state index in [0.717, 1.165) is 12.8 Å². The van der Waals surface area contributed by atoms with Crippen molar-refractivity contribution in [3.8, 4) is 28.7 Å². The minimum atomic E-state index is -0.401. The minimum absolute atomic E-state index is 0.0845. The van der Waals surface area contributed by atoms with Crippen LogP contribution in [0.15, 0.2) is 47.1 Å². The number of ketones is 1. The summed E-state index contributed by atoms with van der Waals surface area (Å²) in [6.45, 7) is 4.10. The Morgan fingerprint density at radius 1 is 1.15 bits per heavy atom. The number of benzene rings is 1. The number of hydrogen-bond acceptors (Lipinski definition) is 6. The first-order chi connectivity index (χ1) is 12.6. The van der Waals surface area contributed by atoms with Gasteiger partial charge in [0.05, 0.1) is 12.0 Å². The smallest absolute Gasteiger partial charge is 0.258 e. The zero-order valence-corrected chi connectivity index (χ0v) is 14.7. The van der Waals surface area contributed by atoms with E-state index in [2.05, 4.69) is 15.1 Å². The van der Waals surface area contributed by atoms with Crippen LogP contribution in [0.25, 0.3) is 23.0 Å². The van der Waals surface area contributed by atoms with Crippen LogP contribution in [-0.4, -0.2) is 26.5 Å². The molecule has 0 bridgehead atoms. The van der Waals surface area contributed by atoms with Crippen molar-refractivity contribution in [2.45, 2.75) is 38.7 Å². The molecule has 6 heteroatoms. The van der Waals surface area contributed by atoms with Crippen LogP contribution < -0.4 is 4.74 Å². The molecule has 0 spiro atoms. The summed E-state index contributed by atoms with van der Waals surface area (Å²) in [4.78, 5) is 21.3. The first-order valence-electron chi connectivity index (χ1n) is 8.76. The molecule has 1 aliphatic rings. The highest BCUT2D eigenvalue weighted by molar-refractivity contribution is 6.01. The molecule has 1 aliphatic heterocycles. The van der Waals surface area contributed by atoms with Crippen LogP contribution in [0.2, 0.25) is 0 Å². The molecule has 26 heavy (non-hydrogen) atoms. The highest BCUT2D eigenvalue weighted by Crippen LogP contribution is 2.38.